The molecule has 0 unspecified atom stereocenters. The van der Waals surface area contributed by atoms with Gasteiger partial charge in [0.25, 0.3) is 0 Å². The maximum absolute atomic E-state index is 5.95. The smallest absolute Gasteiger partial charge is 0.148 e. The number of hydrazine groups is 1. The zero-order valence-corrected chi connectivity index (χ0v) is 10.9. The minimum atomic E-state index is 0.505. The standard InChI is InChI=1S/C13H11Cl2N3/c14-10-6-9(7-11(15)8-10)13(18-16)17-12-4-2-1-3-5-12/h1-8H,16H2,(H,17,18). The molecule has 0 fully saturated rings. The predicted octanol–water partition coefficient (Wildman–Crippen LogP) is 3.54. The van der Waals surface area contributed by atoms with E-state index in [0.29, 0.717) is 15.9 Å². The van der Waals surface area contributed by atoms with Crippen molar-refractivity contribution in [1.29, 1.82) is 0 Å². The number of rotatable bonds is 2. The lowest BCUT2D eigenvalue weighted by Gasteiger charge is -2.07. The highest BCUT2D eigenvalue weighted by molar-refractivity contribution is 6.35. The monoisotopic (exact) mass is 279 g/mol. The third-order valence-corrected chi connectivity index (χ3v) is 2.71. The van der Waals surface area contributed by atoms with E-state index in [1.165, 1.54) is 0 Å². The fraction of sp³-hybridized carbons (Fsp3) is 0. The van der Waals surface area contributed by atoms with Crippen LogP contribution in [0.15, 0.2) is 53.5 Å². The van der Waals surface area contributed by atoms with Gasteiger partial charge in [-0.25, -0.2) is 10.8 Å². The second-order valence-electron chi connectivity index (χ2n) is 3.60. The van der Waals surface area contributed by atoms with Gasteiger partial charge >= 0.3 is 0 Å². The molecule has 0 saturated heterocycles. The Bertz CT molecular complexity index is 547. The van der Waals surface area contributed by atoms with Gasteiger partial charge in [0, 0.05) is 15.6 Å². The third-order valence-electron chi connectivity index (χ3n) is 2.27. The Morgan fingerprint density at radius 3 is 2.17 bits per heavy atom. The van der Waals surface area contributed by atoms with E-state index in [1.54, 1.807) is 18.2 Å². The highest BCUT2D eigenvalue weighted by atomic mass is 35.5. The highest BCUT2D eigenvalue weighted by Gasteiger charge is 2.05. The molecule has 0 radical (unpaired) electrons. The van der Waals surface area contributed by atoms with Gasteiger partial charge < -0.3 is 5.43 Å². The third kappa shape index (κ3) is 3.23. The molecule has 0 aromatic heterocycles. The summed E-state index contributed by atoms with van der Waals surface area (Å²) in [6.07, 6.45) is 0. The lowest BCUT2D eigenvalue weighted by atomic mass is 10.2. The molecule has 2 aromatic rings. The second kappa shape index (κ2) is 5.87. The number of amidine groups is 1. The molecule has 18 heavy (non-hydrogen) atoms. The number of nitrogens with zero attached hydrogens (tertiary/aromatic N) is 1. The van der Waals surface area contributed by atoms with Gasteiger partial charge in [-0.05, 0) is 30.3 Å². The fourth-order valence-electron chi connectivity index (χ4n) is 1.50. The van der Waals surface area contributed by atoms with Gasteiger partial charge in [0.2, 0.25) is 0 Å². The summed E-state index contributed by atoms with van der Waals surface area (Å²) in [5.74, 6) is 5.99. The summed E-state index contributed by atoms with van der Waals surface area (Å²) in [5.41, 5.74) is 4.08. The summed E-state index contributed by atoms with van der Waals surface area (Å²) in [5, 5.41) is 1.07. The van der Waals surface area contributed by atoms with Crippen LogP contribution in [0.5, 0.6) is 0 Å². The molecule has 0 aliphatic carbocycles. The molecule has 3 nitrogen and oxygen atoms in total. The maximum atomic E-state index is 5.95. The zero-order valence-electron chi connectivity index (χ0n) is 9.40. The molecule has 0 amide bonds. The summed E-state index contributed by atoms with van der Waals surface area (Å²) in [7, 11) is 0. The molecular weight excluding hydrogens is 269 g/mol. The van der Waals surface area contributed by atoms with E-state index in [0.717, 1.165) is 11.3 Å². The molecule has 0 bridgehead atoms. The maximum Gasteiger partial charge on any atom is 0.148 e. The van der Waals surface area contributed by atoms with Crippen molar-refractivity contribution < 1.29 is 0 Å². The van der Waals surface area contributed by atoms with Gasteiger partial charge in [0.15, 0.2) is 0 Å². The molecule has 0 atom stereocenters. The first kappa shape index (κ1) is 12.9. The van der Waals surface area contributed by atoms with Gasteiger partial charge in [-0.15, -0.1) is 0 Å². The predicted molar refractivity (Wildman–Crippen MR) is 76.4 cm³/mol. The molecule has 5 heteroatoms. The first-order valence-corrected chi connectivity index (χ1v) is 6.01. The molecular formula is C13H11Cl2N3. The number of nitrogens with two attached hydrogens (primary N) is 1. The second-order valence-corrected chi connectivity index (χ2v) is 4.47. The normalized spacial score (nSPS) is 11.4. The topological polar surface area (TPSA) is 50.4 Å². The van der Waals surface area contributed by atoms with Crippen molar-refractivity contribution in [3.05, 3.63) is 64.1 Å². The van der Waals surface area contributed by atoms with E-state index in [4.69, 9.17) is 29.0 Å². The molecule has 0 saturated carbocycles. The van der Waals surface area contributed by atoms with Crippen molar-refractivity contribution in [2.24, 2.45) is 10.8 Å². The number of hydrogen-bond donors (Lipinski definition) is 2. The van der Waals surface area contributed by atoms with E-state index in [2.05, 4.69) is 10.4 Å². The van der Waals surface area contributed by atoms with Gasteiger partial charge in [0.1, 0.15) is 5.84 Å². The van der Waals surface area contributed by atoms with Gasteiger partial charge in [-0.1, -0.05) is 41.4 Å². The zero-order chi connectivity index (χ0) is 13.0. The Kier molecular flexibility index (Phi) is 4.20. The van der Waals surface area contributed by atoms with E-state index >= 15 is 0 Å². The average Bonchev–Trinajstić information content (AvgIpc) is 2.36. The van der Waals surface area contributed by atoms with Crippen LogP contribution >= 0.6 is 23.2 Å². The number of halogens is 2. The summed E-state index contributed by atoms with van der Waals surface area (Å²) < 4.78 is 0. The first-order valence-electron chi connectivity index (χ1n) is 5.26. The minimum Gasteiger partial charge on any atom is -0.308 e. The lowest BCUT2D eigenvalue weighted by Crippen LogP contribution is -2.30. The van der Waals surface area contributed by atoms with Crippen LogP contribution in [0.1, 0.15) is 5.56 Å². The van der Waals surface area contributed by atoms with E-state index in [9.17, 15) is 0 Å². The van der Waals surface area contributed by atoms with E-state index < -0.39 is 0 Å². The Morgan fingerprint density at radius 1 is 1.00 bits per heavy atom. The number of benzene rings is 2. The fourth-order valence-corrected chi connectivity index (χ4v) is 2.03. The first-order chi connectivity index (χ1) is 8.69. The van der Waals surface area contributed by atoms with Crippen molar-refractivity contribution >= 4 is 34.7 Å². The average molecular weight is 280 g/mol. The number of nitrogens with one attached hydrogen (secondary N) is 1. The quantitative estimate of drug-likeness (QED) is 0.382. The van der Waals surface area contributed by atoms with Crippen LogP contribution in [0.4, 0.5) is 5.69 Å². The summed E-state index contributed by atoms with van der Waals surface area (Å²) in [6.45, 7) is 0. The van der Waals surface area contributed by atoms with Crippen LogP contribution < -0.4 is 11.3 Å². The van der Waals surface area contributed by atoms with Gasteiger partial charge in [-0.2, -0.15) is 0 Å². The summed E-state index contributed by atoms with van der Waals surface area (Å²) in [6, 6.07) is 14.6. The van der Waals surface area contributed by atoms with Crippen molar-refractivity contribution in [2.75, 3.05) is 0 Å². The highest BCUT2D eigenvalue weighted by Crippen LogP contribution is 2.20. The SMILES string of the molecule is NNC(=Nc1ccccc1)c1cc(Cl)cc(Cl)c1. The Balaban J connectivity index is 2.42. The summed E-state index contributed by atoms with van der Waals surface area (Å²) >= 11 is 11.9. The van der Waals surface area contributed by atoms with E-state index in [1.807, 2.05) is 30.3 Å². The molecule has 0 heterocycles. The van der Waals surface area contributed by atoms with Gasteiger partial charge in [-0.3, -0.25) is 0 Å². The van der Waals surface area contributed by atoms with Crippen LogP contribution in [0, 0.1) is 0 Å². The lowest BCUT2D eigenvalue weighted by molar-refractivity contribution is 1.02. The van der Waals surface area contributed by atoms with Crippen LogP contribution in [0.3, 0.4) is 0 Å². The van der Waals surface area contributed by atoms with Crippen molar-refractivity contribution in [3.63, 3.8) is 0 Å². The summed E-state index contributed by atoms with van der Waals surface area (Å²) in [4.78, 5) is 4.39. The molecule has 0 spiro atoms. The molecule has 0 aliphatic heterocycles. The van der Waals surface area contributed by atoms with Gasteiger partial charge in [0.05, 0.1) is 5.69 Å². The van der Waals surface area contributed by atoms with Crippen LogP contribution in [-0.4, -0.2) is 5.84 Å². The Morgan fingerprint density at radius 2 is 1.61 bits per heavy atom. The molecule has 2 rings (SSSR count). The molecule has 2 aromatic carbocycles. The number of para-hydroxylation sites is 1. The Hall–Kier alpha value is -1.55. The minimum absolute atomic E-state index is 0.505. The number of hydrogen-bond acceptors (Lipinski definition) is 2. The van der Waals surface area contributed by atoms with Crippen LogP contribution in [0.25, 0.3) is 0 Å². The largest absolute Gasteiger partial charge is 0.308 e. The van der Waals surface area contributed by atoms with Crippen molar-refractivity contribution in [3.8, 4) is 0 Å². The van der Waals surface area contributed by atoms with Crippen LogP contribution in [0.2, 0.25) is 10.0 Å². The Labute approximate surface area is 115 Å². The van der Waals surface area contributed by atoms with Crippen molar-refractivity contribution in [2.45, 2.75) is 0 Å². The molecule has 0 aliphatic rings. The van der Waals surface area contributed by atoms with Crippen molar-refractivity contribution in [1.82, 2.24) is 5.43 Å². The molecule has 3 N–H and O–H groups in total. The molecule has 92 valence electrons. The van der Waals surface area contributed by atoms with E-state index in [-0.39, 0.29) is 0 Å². The number of aliphatic imine (C=N–C) groups is 1. The van der Waals surface area contributed by atoms with Crippen LogP contribution in [-0.2, 0) is 0 Å².